The Kier molecular flexibility index (Phi) is 5.40. The average Bonchev–Trinajstić information content (AvgIpc) is 2.37. The maximum Gasteiger partial charge on any atom is 0.240 e. The van der Waals surface area contributed by atoms with E-state index in [1.807, 2.05) is 11.9 Å². The lowest BCUT2D eigenvalue weighted by Gasteiger charge is -2.31. The number of hydrogen-bond acceptors (Lipinski definition) is 3. The highest BCUT2D eigenvalue weighted by Crippen LogP contribution is 2.19. The number of rotatable bonds is 4. The SMILES string of the molecule is CNCCC1C(=O)N(C(C)C)CCC(C)N1C. The standard InChI is InChI=1S/C13H27N3O/c1-10(2)16-9-7-11(3)15(5)12(13(16)17)6-8-14-4/h10-12,14H,6-9H2,1-5H3. The quantitative estimate of drug-likeness (QED) is 0.795. The van der Waals surface area contributed by atoms with Gasteiger partial charge in [0.15, 0.2) is 0 Å². The van der Waals surface area contributed by atoms with Crippen LogP contribution in [0.3, 0.4) is 0 Å². The van der Waals surface area contributed by atoms with Crippen LogP contribution in [0.1, 0.15) is 33.6 Å². The number of nitrogens with zero attached hydrogens (tertiary/aromatic N) is 2. The molecule has 1 heterocycles. The zero-order chi connectivity index (χ0) is 13.0. The second-order valence-corrected chi connectivity index (χ2v) is 5.34. The van der Waals surface area contributed by atoms with E-state index in [-0.39, 0.29) is 6.04 Å². The van der Waals surface area contributed by atoms with Crippen LogP contribution in [-0.4, -0.2) is 61.0 Å². The summed E-state index contributed by atoms with van der Waals surface area (Å²) in [5.41, 5.74) is 0. The minimum atomic E-state index is 0.0300. The van der Waals surface area contributed by atoms with Crippen molar-refractivity contribution >= 4 is 5.91 Å². The van der Waals surface area contributed by atoms with E-state index in [1.54, 1.807) is 0 Å². The Hall–Kier alpha value is -0.610. The molecule has 1 aliphatic rings. The Morgan fingerprint density at radius 1 is 1.47 bits per heavy atom. The molecule has 0 aromatic heterocycles. The van der Waals surface area contributed by atoms with Gasteiger partial charge < -0.3 is 10.2 Å². The van der Waals surface area contributed by atoms with Gasteiger partial charge in [0.05, 0.1) is 6.04 Å². The molecular formula is C13H27N3O. The highest BCUT2D eigenvalue weighted by molar-refractivity contribution is 5.82. The van der Waals surface area contributed by atoms with Gasteiger partial charge in [-0.2, -0.15) is 0 Å². The van der Waals surface area contributed by atoms with E-state index in [0.717, 1.165) is 25.9 Å². The fraction of sp³-hybridized carbons (Fsp3) is 0.923. The Balaban J connectivity index is 2.82. The summed E-state index contributed by atoms with van der Waals surface area (Å²) < 4.78 is 0. The predicted octanol–water partition coefficient (Wildman–Crippen LogP) is 0.926. The van der Waals surface area contributed by atoms with Crippen LogP contribution in [0.25, 0.3) is 0 Å². The van der Waals surface area contributed by atoms with Crippen molar-refractivity contribution in [3.63, 3.8) is 0 Å². The van der Waals surface area contributed by atoms with Crippen LogP contribution in [0.15, 0.2) is 0 Å². The van der Waals surface area contributed by atoms with Crippen molar-refractivity contribution in [1.82, 2.24) is 15.1 Å². The first kappa shape index (κ1) is 14.5. The minimum absolute atomic E-state index is 0.0300. The summed E-state index contributed by atoms with van der Waals surface area (Å²) in [7, 11) is 4.01. The van der Waals surface area contributed by atoms with Crippen LogP contribution < -0.4 is 5.32 Å². The van der Waals surface area contributed by atoms with E-state index in [2.05, 4.69) is 38.0 Å². The third-order valence-corrected chi connectivity index (χ3v) is 3.83. The van der Waals surface area contributed by atoms with Gasteiger partial charge in [-0.3, -0.25) is 9.69 Å². The van der Waals surface area contributed by atoms with Gasteiger partial charge in [-0.15, -0.1) is 0 Å². The lowest BCUT2D eigenvalue weighted by atomic mass is 10.1. The number of carbonyl (C=O) groups excluding carboxylic acids is 1. The Bertz CT molecular complexity index is 255. The molecule has 1 N–H and O–H groups in total. The molecule has 2 unspecified atom stereocenters. The highest BCUT2D eigenvalue weighted by Gasteiger charge is 2.34. The van der Waals surface area contributed by atoms with Gasteiger partial charge in [-0.25, -0.2) is 0 Å². The van der Waals surface area contributed by atoms with Gasteiger partial charge in [0, 0.05) is 18.6 Å². The number of carbonyl (C=O) groups is 1. The van der Waals surface area contributed by atoms with Crippen LogP contribution in [0.5, 0.6) is 0 Å². The molecule has 17 heavy (non-hydrogen) atoms. The van der Waals surface area contributed by atoms with E-state index in [0.29, 0.717) is 18.0 Å². The minimum Gasteiger partial charge on any atom is -0.339 e. The molecule has 0 aromatic carbocycles. The summed E-state index contributed by atoms with van der Waals surface area (Å²) in [6.45, 7) is 8.19. The maximum atomic E-state index is 12.5. The monoisotopic (exact) mass is 241 g/mol. The molecule has 0 saturated carbocycles. The summed E-state index contributed by atoms with van der Waals surface area (Å²) in [4.78, 5) is 16.8. The van der Waals surface area contributed by atoms with Crippen LogP contribution in [0.4, 0.5) is 0 Å². The zero-order valence-corrected chi connectivity index (χ0v) is 11.9. The highest BCUT2D eigenvalue weighted by atomic mass is 16.2. The molecule has 0 aliphatic carbocycles. The van der Waals surface area contributed by atoms with Gasteiger partial charge in [0.1, 0.15) is 0 Å². The Morgan fingerprint density at radius 3 is 2.65 bits per heavy atom. The van der Waals surface area contributed by atoms with E-state index in [9.17, 15) is 4.79 Å². The van der Waals surface area contributed by atoms with Gasteiger partial charge in [0.25, 0.3) is 0 Å². The maximum absolute atomic E-state index is 12.5. The Labute approximate surface area is 105 Å². The van der Waals surface area contributed by atoms with Gasteiger partial charge in [-0.1, -0.05) is 0 Å². The fourth-order valence-electron chi connectivity index (χ4n) is 2.43. The van der Waals surface area contributed by atoms with Crippen molar-refractivity contribution in [3.05, 3.63) is 0 Å². The van der Waals surface area contributed by atoms with E-state index >= 15 is 0 Å². The summed E-state index contributed by atoms with van der Waals surface area (Å²) >= 11 is 0. The van der Waals surface area contributed by atoms with Gasteiger partial charge >= 0.3 is 0 Å². The largest absolute Gasteiger partial charge is 0.339 e. The fourth-order valence-corrected chi connectivity index (χ4v) is 2.43. The van der Waals surface area contributed by atoms with Gasteiger partial charge in [0.2, 0.25) is 5.91 Å². The van der Waals surface area contributed by atoms with Crippen molar-refractivity contribution in [2.75, 3.05) is 27.2 Å². The summed E-state index contributed by atoms with van der Waals surface area (Å²) in [6, 6.07) is 0.810. The molecule has 0 spiro atoms. The zero-order valence-electron chi connectivity index (χ0n) is 11.9. The topological polar surface area (TPSA) is 35.6 Å². The summed E-state index contributed by atoms with van der Waals surface area (Å²) in [5.74, 6) is 0.294. The number of likely N-dealkylation sites (N-methyl/N-ethyl adjacent to an activating group) is 1. The van der Waals surface area contributed by atoms with Crippen LogP contribution in [0.2, 0.25) is 0 Å². The molecule has 1 saturated heterocycles. The van der Waals surface area contributed by atoms with E-state index < -0.39 is 0 Å². The third kappa shape index (κ3) is 3.42. The molecule has 1 fully saturated rings. The first-order valence-corrected chi connectivity index (χ1v) is 6.66. The summed E-state index contributed by atoms with van der Waals surface area (Å²) in [5, 5.41) is 3.14. The van der Waals surface area contributed by atoms with Crippen molar-refractivity contribution in [2.24, 2.45) is 0 Å². The summed E-state index contributed by atoms with van der Waals surface area (Å²) in [6.07, 6.45) is 1.95. The molecule has 4 heteroatoms. The second kappa shape index (κ2) is 6.36. The van der Waals surface area contributed by atoms with Gasteiger partial charge in [-0.05, 0) is 54.3 Å². The molecule has 0 bridgehead atoms. The lowest BCUT2D eigenvalue weighted by Crippen LogP contribution is -2.48. The third-order valence-electron chi connectivity index (χ3n) is 3.83. The molecule has 2 atom stereocenters. The first-order chi connectivity index (χ1) is 7.99. The molecule has 0 aromatic rings. The molecule has 1 rings (SSSR count). The second-order valence-electron chi connectivity index (χ2n) is 5.34. The molecule has 4 nitrogen and oxygen atoms in total. The first-order valence-electron chi connectivity index (χ1n) is 6.66. The predicted molar refractivity (Wildman–Crippen MR) is 71.0 cm³/mol. The van der Waals surface area contributed by atoms with Crippen LogP contribution in [-0.2, 0) is 4.79 Å². The van der Waals surface area contributed by atoms with Crippen molar-refractivity contribution < 1.29 is 4.79 Å². The molecule has 0 radical (unpaired) electrons. The number of hydrogen-bond donors (Lipinski definition) is 1. The van der Waals surface area contributed by atoms with Crippen molar-refractivity contribution in [2.45, 2.75) is 51.7 Å². The lowest BCUT2D eigenvalue weighted by molar-refractivity contribution is -0.137. The van der Waals surface area contributed by atoms with E-state index in [4.69, 9.17) is 0 Å². The Morgan fingerprint density at radius 2 is 2.12 bits per heavy atom. The van der Waals surface area contributed by atoms with Crippen LogP contribution >= 0.6 is 0 Å². The smallest absolute Gasteiger partial charge is 0.240 e. The van der Waals surface area contributed by atoms with Crippen molar-refractivity contribution in [1.29, 1.82) is 0 Å². The van der Waals surface area contributed by atoms with E-state index in [1.165, 1.54) is 0 Å². The van der Waals surface area contributed by atoms with Crippen molar-refractivity contribution in [3.8, 4) is 0 Å². The molecule has 100 valence electrons. The van der Waals surface area contributed by atoms with Crippen LogP contribution in [0, 0.1) is 0 Å². The number of amides is 1. The molecular weight excluding hydrogens is 214 g/mol. The average molecular weight is 241 g/mol. The molecule has 1 amide bonds. The molecule has 1 aliphatic heterocycles. The number of nitrogens with one attached hydrogen (secondary N) is 1. The normalized spacial score (nSPS) is 27.6.